The lowest BCUT2D eigenvalue weighted by Gasteiger charge is -2.26. The van der Waals surface area contributed by atoms with Crippen LogP contribution in [0.2, 0.25) is 0 Å². The Labute approximate surface area is 838 Å². The fraction of sp³-hybridized carbons (Fsp3) is 0.00730. The summed E-state index contributed by atoms with van der Waals surface area (Å²) in [6, 6.07) is 201. The van der Waals surface area contributed by atoms with Gasteiger partial charge in [0.2, 0.25) is 0 Å². The summed E-state index contributed by atoms with van der Waals surface area (Å²) in [6.07, 6.45) is 0. The number of furan rings is 1. The van der Waals surface area contributed by atoms with Gasteiger partial charge in [-0.1, -0.05) is 388 Å². The van der Waals surface area contributed by atoms with Gasteiger partial charge in [0.05, 0.1) is 38.8 Å². The third kappa shape index (κ3) is 15.8. The van der Waals surface area contributed by atoms with Crippen LogP contribution in [0.15, 0.2) is 563 Å². The molecule has 0 spiro atoms. The molecule has 5 aromatic heterocycles. The molecule has 144 heavy (non-hydrogen) atoms. The average molecular weight is 1860 g/mol. The first-order chi connectivity index (χ1) is 71.4. The Balaban J connectivity index is 0.000000110. The quantitative estimate of drug-likeness (QED) is 0.0852. The van der Waals surface area contributed by atoms with Gasteiger partial charge in [-0.05, 0) is 247 Å². The third-order valence-electron chi connectivity index (χ3n) is 28.5. The molecule has 28 aromatic rings. The molecule has 0 aliphatic heterocycles. The molecule has 0 radical (unpaired) electrons. The van der Waals surface area contributed by atoms with E-state index in [9.17, 15) is 0 Å². The second kappa shape index (κ2) is 37.3. The molecule has 0 bridgehead atoms. The van der Waals surface area contributed by atoms with Crippen LogP contribution in [0.4, 0.5) is 34.1 Å². The predicted octanol–water partition coefficient (Wildman–Crippen LogP) is 38.2. The summed E-state index contributed by atoms with van der Waals surface area (Å²) in [5, 5.41) is 14.9. The van der Waals surface area contributed by atoms with E-state index in [1.807, 2.05) is 23.5 Å². The normalized spacial score (nSPS) is 11.7. The summed E-state index contributed by atoms with van der Waals surface area (Å²) in [5.74, 6) is 0.0865. The summed E-state index contributed by atoms with van der Waals surface area (Å²) in [7, 11) is 0. The third-order valence-corrected chi connectivity index (χ3v) is 29.7. The maximum absolute atomic E-state index is 6.34. The average Bonchev–Trinajstić information content (AvgIpc) is 1.57. The van der Waals surface area contributed by atoms with Gasteiger partial charge in [-0.2, -0.15) is 0 Å². The minimum atomic E-state index is 0.0865. The van der Waals surface area contributed by atoms with E-state index >= 15 is 0 Å². The fourth-order valence-electron chi connectivity index (χ4n) is 21.7. The van der Waals surface area contributed by atoms with Crippen LogP contribution in [-0.4, -0.2) is 13.7 Å². The van der Waals surface area contributed by atoms with Crippen LogP contribution in [-0.2, 0) is 0 Å². The van der Waals surface area contributed by atoms with E-state index < -0.39 is 0 Å². The molecule has 1 unspecified atom stereocenters. The highest BCUT2D eigenvalue weighted by Gasteiger charge is 2.26. The van der Waals surface area contributed by atoms with Crippen LogP contribution in [0.5, 0.6) is 0 Å². The van der Waals surface area contributed by atoms with E-state index in [-0.39, 0.29) is 5.92 Å². The van der Waals surface area contributed by atoms with Crippen molar-refractivity contribution in [2.45, 2.75) is 5.92 Å². The van der Waals surface area contributed by atoms with Crippen LogP contribution in [0.25, 0.3) is 191 Å². The van der Waals surface area contributed by atoms with Crippen LogP contribution >= 0.6 is 11.3 Å². The fourth-order valence-corrected chi connectivity index (χ4v) is 22.9. The van der Waals surface area contributed by atoms with Gasteiger partial charge in [0.15, 0.2) is 0 Å². The molecule has 28 rings (SSSR count). The van der Waals surface area contributed by atoms with Crippen LogP contribution in [0.3, 0.4) is 0 Å². The van der Waals surface area contributed by atoms with Gasteiger partial charge < -0.3 is 27.9 Å². The Morgan fingerprint density at radius 1 is 0.194 bits per heavy atom. The molecule has 0 saturated heterocycles. The van der Waals surface area contributed by atoms with E-state index in [1.165, 1.54) is 174 Å². The van der Waals surface area contributed by atoms with Gasteiger partial charge in [-0.3, -0.25) is 0 Å². The van der Waals surface area contributed by atoms with Crippen molar-refractivity contribution >= 4 is 164 Å². The second-order valence-corrected chi connectivity index (χ2v) is 38.0. The SMILES string of the molecule is c1ccc(-c2ccc(N(c3ccc(-c4ccc5c(c4)c4ccccc4n5-c4ccccc4)cc3)c3ccc4c(c3)oc3ccccc34)cc2)cc1.c1ccc(-c2ccc3c4ccc(C(c5ccccc5)c5ccc(-c6ccc7ccccc7c6)cc5)cc4n(-c4ccccc4)c3c2)cc1.c1ccc(N(c2ccc(-c3cccc4c3sc3ccccc34)cc2)c2cccc3c2c2ccccc2n3-c2ccccc2)cc1. The highest BCUT2D eigenvalue weighted by atomic mass is 32.1. The second-order valence-electron chi connectivity index (χ2n) is 36.9. The largest absolute Gasteiger partial charge is 0.456 e. The van der Waals surface area contributed by atoms with Gasteiger partial charge in [-0.25, -0.2) is 0 Å². The van der Waals surface area contributed by atoms with Crippen molar-refractivity contribution in [3.63, 3.8) is 0 Å². The van der Waals surface area contributed by atoms with Gasteiger partial charge >= 0.3 is 0 Å². The number of aromatic nitrogens is 3. The number of para-hydroxylation sites is 7. The van der Waals surface area contributed by atoms with Crippen molar-refractivity contribution in [3.05, 3.63) is 575 Å². The summed E-state index contributed by atoms with van der Waals surface area (Å²) in [4.78, 5) is 4.70. The zero-order valence-corrected chi connectivity index (χ0v) is 79.6. The van der Waals surface area contributed by atoms with Crippen molar-refractivity contribution in [3.8, 4) is 72.7 Å². The van der Waals surface area contributed by atoms with Crippen molar-refractivity contribution in [1.29, 1.82) is 0 Å². The van der Waals surface area contributed by atoms with Crippen LogP contribution in [0.1, 0.15) is 22.6 Å². The van der Waals surface area contributed by atoms with Gasteiger partial charge in [-0.15, -0.1) is 11.3 Å². The van der Waals surface area contributed by atoms with E-state index in [4.69, 9.17) is 4.42 Å². The zero-order valence-electron chi connectivity index (χ0n) is 78.7. The lowest BCUT2D eigenvalue weighted by Crippen LogP contribution is -2.10. The van der Waals surface area contributed by atoms with Crippen molar-refractivity contribution < 1.29 is 4.42 Å². The Bertz CT molecular complexity index is 9600. The maximum Gasteiger partial charge on any atom is 0.137 e. The lowest BCUT2D eigenvalue weighted by molar-refractivity contribution is 0.669. The minimum absolute atomic E-state index is 0.0865. The molecule has 0 amide bonds. The highest BCUT2D eigenvalue weighted by molar-refractivity contribution is 7.26. The van der Waals surface area contributed by atoms with Crippen LogP contribution in [0, 0.1) is 0 Å². The number of thiophene rings is 1. The van der Waals surface area contributed by atoms with Gasteiger partial charge in [0.1, 0.15) is 11.2 Å². The number of anilines is 6. The van der Waals surface area contributed by atoms with E-state index in [2.05, 4.69) is 569 Å². The summed E-state index contributed by atoms with van der Waals surface area (Å²) in [5.41, 5.74) is 35.1. The standard InChI is InChI=1S/C48H32N2O.C47H33N.C42H28N2S/c1-3-11-33(12-4-1)34-19-24-38(25-20-34)49(40-28-29-43-42-16-8-10-18-47(42)51-48(43)32-40)39-26-21-35(22-27-39)36-23-30-46-44(31-36)41-15-7-9-17-45(41)50(46)37-13-5-2-6-14-37;1-4-12-33(13-5-1)40-26-28-43-44-29-27-41(32-46(44)48(45(43)31-40)42-18-8-3-9-19-42)47(36-15-6-2-7-16-36)37-23-20-35(21-24-37)39-25-22-34-14-10-11-17-38(34)30-39;1-3-13-30(14-4-1)43(32-27-25-29(26-28-32)33-19-11-20-35-34-17-8-10-24-40(34)45-42(33)35)38-22-12-23-39-41(38)36-18-7-9-21-37(36)44(39)31-15-5-2-6-16-31/h1-32H;1-32,47H;1-28H. The molecule has 1 atom stereocenters. The smallest absolute Gasteiger partial charge is 0.137 e. The molecule has 0 aliphatic carbocycles. The van der Waals surface area contributed by atoms with E-state index in [0.717, 1.165) is 67.4 Å². The number of nitrogens with zero attached hydrogens (tertiary/aromatic N) is 5. The van der Waals surface area contributed by atoms with Crippen LogP contribution < -0.4 is 9.80 Å². The van der Waals surface area contributed by atoms with Crippen molar-refractivity contribution in [1.82, 2.24) is 13.7 Å². The first-order valence-electron chi connectivity index (χ1n) is 49.3. The Morgan fingerprint density at radius 2 is 0.590 bits per heavy atom. The predicted molar refractivity (Wildman–Crippen MR) is 610 cm³/mol. The first-order valence-corrected chi connectivity index (χ1v) is 50.1. The van der Waals surface area contributed by atoms with Crippen molar-refractivity contribution in [2.24, 2.45) is 0 Å². The highest BCUT2D eigenvalue weighted by Crippen LogP contribution is 2.49. The summed E-state index contributed by atoms with van der Waals surface area (Å²) in [6.45, 7) is 0. The molecule has 678 valence electrons. The number of rotatable bonds is 17. The summed E-state index contributed by atoms with van der Waals surface area (Å²) < 4.78 is 16.2. The zero-order chi connectivity index (χ0) is 95.3. The number of hydrogen-bond donors (Lipinski definition) is 0. The topological polar surface area (TPSA) is 34.4 Å². The Morgan fingerprint density at radius 3 is 1.26 bits per heavy atom. The van der Waals surface area contributed by atoms with Crippen molar-refractivity contribution in [2.75, 3.05) is 9.80 Å². The molecule has 0 aliphatic rings. The maximum atomic E-state index is 6.34. The molecule has 7 heteroatoms. The Hall–Kier alpha value is -18.7. The molecule has 5 heterocycles. The molecule has 0 saturated carbocycles. The summed E-state index contributed by atoms with van der Waals surface area (Å²) >= 11 is 1.88. The monoisotopic (exact) mass is 1860 g/mol. The molecular formula is C137H93N5OS. The van der Waals surface area contributed by atoms with Gasteiger partial charge in [0.25, 0.3) is 0 Å². The first kappa shape index (κ1) is 85.7. The Kier molecular flexibility index (Phi) is 22.2. The molecule has 0 fully saturated rings. The molecule has 0 N–H and O–H groups in total. The minimum Gasteiger partial charge on any atom is -0.456 e. The molecular weight excluding hydrogens is 1760 g/mol. The lowest BCUT2D eigenvalue weighted by atomic mass is 9.84. The number of benzene rings is 23. The van der Waals surface area contributed by atoms with E-state index in [0.29, 0.717) is 0 Å². The van der Waals surface area contributed by atoms with Gasteiger partial charge in [0, 0.05) is 121 Å². The van der Waals surface area contributed by atoms with E-state index in [1.54, 1.807) is 0 Å². The molecule has 6 nitrogen and oxygen atoms in total. The number of hydrogen-bond acceptors (Lipinski definition) is 4. The number of fused-ring (bicyclic) bond motifs is 16. The molecule has 23 aromatic carbocycles.